The van der Waals surface area contributed by atoms with Crippen LogP contribution in [0.4, 0.5) is 0 Å². The third-order valence-corrected chi connectivity index (χ3v) is 3.30. The van der Waals surface area contributed by atoms with Gasteiger partial charge in [-0.25, -0.2) is 0 Å². The summed E-state index contributed by atoms with van der Waals surface area (Å²) >= 11 is 0. The Balaban J connectivity index is 2.64. The summed E-state index contributed by atoms with van der Waals surface area (Å²) in [5, 5.41) is 3.10. The van der Waals surface area contributed by atoms with Crippen LogP contribution in [0.3, 0.4) is 0 Å². The van der Waals surface area contributed by atoms with Gasteiger partial charge in [0.05, 0.1) is 5.92 Å². The first-order valence-electron chi connectivity index (χ1n) is 6.61. The minimum Gasteiger partial charge on any atom is -0.353 e. The Kier molecular flexibility index (Phi) is 5.86. The monoisotopic (exact) mass is 248 g/mol. The lowest BCUT2D eigenvalue weighted by atomic mass is 9.97. The molecule has 0 aliphatic heterocycles. The van der Waals surface area contributed by atoms with Crippen LogP contribution in [0.15, 0.2) is 30.3 Å². The van der Waals surface area contributed by atoms with Crippen molar-refractivity contribution in [2.45, 2.75) is 39.2 Å². The van der Waals surface area contributed by atoms with Crippen molar-refractivity contribution >= 4 is 5.91 Å². The lowest BCUT2D eigenvalue weighted by molar-refractivity contribution is -0.123. The van der Waals surface area contributed by atoms with Crippen molar-refractivity contribution < 1.29 is 4.79 Å². The van der Waals surface area contributed by atoms with E-state index < -0.39 is 0 Å². The Bertz CT molecular complexity index is 362. The number of rotatable bonds is 6. The summed E-state index contributed by atoms with van der Waals surface area (Å²) in [6, 6.07) is 10.0. The number of hydrogen-bond acceptors (Lipinski definition) is 2. The van der Waals surface area contributed by atoms with Gasteiger partial charge in [0.1, 0.15) is 0 Å². The van der Waals surface area contributed by atoms with E-state index in [9.17, 15) is 4.79 Å². The van der Waals surface area contributed by atoms with Crippen LogP contribution in [0.1, 0.15) is 38.7 Å². The Morgan fingerprint density at radius 1 is 1.22 bits per heavy atom. The molecule has 0 saturated heterocycles. The van der Waals surface area contributed by atoms with Gasteiger partial charge in [0, 0.05) is 6.04 Å². The van der Waals surface area contributed by atoms with E-state index in [1.807, 2.05) is 37.3 Å². The van der Waals surface area contributed by atoms with Gasteiger partial charge in [0.2, 0.25) is 5.91 Å². The van der Waals surface area contributed by atoms with Crippen LogP contribution < -0.4 is 11.1 Å². The summed E-state index contributed by atoms with van der Waals surface area (Å²) in [4.78, 5) is 12.2. The van der Waals surface area contributed by atoms with Crippen LogP contribution in [0, 0.1) is 5.92 Å². The van der Waals surface area contributed by atoms with Crippen molar-refractivity contribution in [3.05, 3.63) is 35.9 Å². The number of benzene rings is 1. The van der Waals surface area contributed by atoms with Gasteiger partial charge < -0.3 is 11.1 Å². The van der Waals surface area contributed by atoms with Crippen LogP contribution in [0.25, 0.3) is 0 Å². The second kappa shape index (κ2) is 7.17. The zero-order chi connectivity index (χ0) is 13.5. The van der Waals surface area contributed by atoms with Crippen LogP contribution in [-0.2, 0) is 4.79 Å². The molecule has 0 radical (unpaired) electrons. The number of hydrogen-bond donors (Lipinski definition) is 2. The highest BCUT2D eigenvalue weighted by Crippen LogP contribution is 2.16. The van der Waals surface area contributed by atoms with Gasteiger partial charge in [0.15, 0.2) is 0 Å². The van der Waals surface area contributed by atoms with E-state index in [1.165, 1.54) is 0 Å². The molecule has 18 heavy (non-hydrogen) atoms. The summed E-state index contributed by atoms with van der Waals surface area (Å²) in [6.07, 6.45) is 0.824. The molecule has 1 aromatic rings. The lowest BCUT2D eigenvalue weighted by Crippen LogP contribution is -2.41. The fraction of sp³-hybridized carbons (Fsp3) is 0.533. The van der Waals surface area contributed by atoms with Crippen molar-refractivity contribution in [1.29, 1.82) is 0 Å². The standard InChI is InChI=1S/C15H24N2O/c1-11(2)14(9-10-16)17-15(18)12(3)13-7-5-4-6-8-13/h4-8,11-12,14H,9-10,16H2,1-3H3,(H,17,18). The predicted octanol–water partition coefficient (Wildman–Crippen LogP) is 2.28. The Morgan fingerprint density at radius 3 is 2.33 bits per heavy atom. The lowest BCUT2D eigenvalue weighted by Gasteiger charge is -2.24. The molecule has 0 spiro atoms. The van der Waals surface area contributed by atoms with Gasteiger partial charge in [-0.15, -0.1) is 0 Å². The minimum absolute atomic E-state index is 0.0772. The number of nitrogens with one attached hydrogen (secondary N) is 1. The molecule has 0 heterocycles. The van der Waals surface area contributed by atoms with E-state index in [0.717, 1.165) is 12.0 Å². The third kappa shape index (κ3) is 4.15. The maximum atomic E-state index is 12.2. The topological polar surface area (TPSA) is 55.1 Å². The summed E-state index contributed by atoms with van der Waals surface area (Å²) in [7, 11) is 0. The molecule has 3 N–H and O–H groups in total. The quantitative estimate of drug-likeness (QED) is 0.811. The van der Waals surface area contributed by atoms with Gasteiger partial charge in [-0.1, -0.05) is 44.2 Å². The molecule has 2 atom stereocenters. The first kappa shape index (κ1) is 14.7. The summed E-state index contributed by atoms with van der Waals surface area (Å²) < 4.78 is 0. The SMILES string of the molecule is CC(C(=O)NC(CCN)C(C)C)c1ccccc1. The molecule has 0 aromatic heterocycles. The van der Waals surface area contributed by atoms with Gasteiger partial charge >= 0.3 is 0 Å². The Labute approximate surface area is 110 Å². The average molecular weight is 248 g/mol. The molecule has 0 fully saturated rings. The maximum Gasteiger partial charge on any atom is 0.227 e. The maximum absolute atomic E-state index is 12.2. The number of amides is 1. The molecule has 2 unspecified atom stereocenters. The molecule has 1 rings (SSSR count). The van der Waals surface area contributed by atoms with Crippen LogP contribution in [0.2, 0.25) is 0 Å². The number of carbonyl (C=O) groups is 1. The first-order chi connectivity index (χ1) is 8.56. The molecular weight excluding hydrogens is 224 g/mol. The number of carbonyl (C=O) groups excluding carboxylic acids is 1. The van der Waals surface area contributed by atoms with E-state index in [4.69, 9.17) is 5.73 Å². The highest BCUT2D eigenvalue weighted by molar-refractivity contribution is 5.83. The van der Waals surface area contributed by atoms with E-state index in [1.54, 1.807) is 0 Å². The second-order valence-corrected chi connectivity index (χ2v) is 5.07. The Morgan fingerprint density at radius 2 is 1.83 bits per heavy atom. The fourth-order valence-corrected chi connectivity index (χ4v) is 1.95. The largest absolute Gasteiger partial charge is 0.353 e. The zero-order valence-corrected chi connectivity index (χ0v) is 11.5. The zero-order valence-electron chi connectivity index (χ0n) is 11.5. The molecule has 100 valence electrons. The Hall–Kier alpha value is -1.35. The van der Waals surface area contributed by atoms with Crippen molar-refractivity contribution in [3.63, 3.8) is 0 Å². The highest BCUT2D eigenvalue weighted by atomic mass is 16.1. The average Bonchev–Trinajstić information content (AvgIpc) is 2.38. The molecule has 0 aliphatic rings. The molecule has 1 aromatic carbocycles. The molecule has 0 bridgehead atoms. The summed E-state index contributed by atoms with van der Waals surface area (Å²) in [6.45, 7) is 6.74. The smallest absolute Gasteiger partial charge is 0.227 e. The van der Waals surface area contributed by atoms with Gasteiger partial charge in [-0.2, -0.15) is 0 Å². The van der Waals surface area contributed by atoms with E-state index >= 15 is 0 Å². The third-order valence-electron chi connectivity index (χ3n) is 3.30. The summed E-state index contributed by atoms with van der Waals surface area (Å²) in [5.41, 5.74) is 6.63. The van der Waals surface area contributed by atoms with Crippen molar-refractivity contribution in [3.8, 4) is 0 Å². The van der Waals surface area contributed by atoms with Crippen molar-refractivity contribution in [2.24, 2.45) is 11.7 Å². The normalized spacial score (nSPS) is 14.3. The van der Waals surface area contributed by atoms with Crippen LogP contribution in [-0.4, -0.2) is 18.5 Å². The van der Waals surface area contributed by atoms with Gasteiger partial charge in [-0.3, -0.25) is 4.79 Å². The van der Waals surface area contributed by atoms with Gasteiger partial charge in [-0.05, 0) is 31.4 Å². The molecule has 0 aliphatic carbocycles. The molecule has 3 nitrogen and oxygen atoms in total. The predicted molar refractivity (Wildman–Crippen MR) is 75.3 cm³/mol. The van der Waals surface area contributed by atoms with E-state index in [-0.39, 0.29) is 17.9 Å². The second-order valence-electron chi connectivity index (χ2n) is 5.07. The molecule has 0 saturated carbocycles. The molecular formula is C15H24N2O. The molecule has 3 heteroatoms. The van der Waals surface area contributed by atoms with Gasteiger partial charge in [0.25, 0.3) is 0 Å². The van der Waals surface area contributed by atoms with Crippen LogP contribution >= 0.6 is 0 Å². The fourth-order valence-electron chi connectivity index (χ4n) is 1.95. The molecule has 1 amide bonds. The van der Waals surface area contributed by atoms with E-state index in [0.29, 0.717) is 12.5 Å². The number of nitrogens with two attached hydrogens (primary N) is 1. The van der Waals surface area contributed by atoms with Crippen LogP contribution in [0.5, 0.6) is 0 Å². The van der Waals surface area contributed by atoms with Crippen molar-refractivity contribution in [1.82, 2.24) is 5.32 Å². The highest BCUT2D eigenvalue weighted by Gasteiger charge is 2.20. The first-order valence-corrected chi connectivity index (χ1v) is 6.61. The van der Waals surface area contributed by atoms with Crippen molar-refractivity contribution in [2.75, 3.05) is 6.54 Å². The summed E-state index contributed by atoms with van der Waals surface area (Å²) in [5.74, 6) is 0.360. The van der Waals surface area contributed by atoms with E-state index in [2.05, 4.69) is 19.2 Å². The minimum atomic E-state index is -0.120.